The lowest BCUT2D eigenvalue weighted by Crippen LogP contribution is -2.27. The molecule has 0 spiro atoms. The van der Waals surface area contributed by atoms with Crippen molar-refractivity contribution < 1.29 is 14.8 Å². The van der Waals surface area contributed by atoms with Crippen molar-refractivity contribution in [2.45, 2.75) is 12.3 Å². The molecule has 5 nitrogen and oxygen atoms in total. The molecule has 1 fully saturated rings. The molecule has 2 N–H and O–H groups in total. The van der Waals surface area contributed by atoms with Gasteiger partial charge in [0.1, 0.15) is 0 Å². The van der Waals surface area contributed by atoms with Crippen LogP contribution >= 0.6 is 0 Å². The Labute approximate surface area is 140 Å². The topological polar surface area (TPSA) is 69.6 Å². The van der Waals surface area contributed by atoms with E-state index in [4.69, 9.17) is 5.21 Å². The molecule has 1 atom stereocenters. The zero-order valence-corrected chi connectivity index (χ0v) is 13.1. The van der Waals surface area contributed by atoms with E-state index in [1.807, 2.05) is 54.6 Å². The Hall–Kier alpha value is -2.92. The van der Waals surface area contributed by atoms with Crippen LogP contribution in [0.15, 0.2) is 60.7 Å². The minimum atomic E-state index is -0.611. The first-order valence-corrected chi connectivity index (χ1v) is 7.78. The molecule has 0 bridgehead atoms. The predicted octanol–water partition coefficient (Wildman–Crippen LogP) is 2.73. The highest BCUT2D eigenvalue weighted by Crippen LogP contribution is 2.34. The lowest BCUT2D eigenvalue weighted by Gasteiger charge is -2.19. The van der Waals surface area contributed by atoms with E-state index in [1.54, 1.807) is 16.5 Å². The van der Waals surface area contributed by atoms with Crippen molar-refractivity contribution in [1.29, 1.82) is 0 Å². The number of para-hydroxylation sites is 1. The molecule has 1 aliphatic rings. The molecular formula is C19H18N2O3. The second-order valence-electron chi connectivity index (χ2n) is 5.61. The van der Waals surface area contributed by atoms with Gasteiger partial charge in [0.2, 0.25) is 5.91 Å². The number of rotatable bonds is 4. The van der Waals surface area contributed by atoms with Gasteiger partial charge in [-0.05, 0) is 29.7 Å². The maximum Gasteiger partial charge on any atom is 0.267 e. The molecule has 2 amide bonds. The summed E-state index contributed by atoms with van der Waals surface area (Å²) in [5.74, 6) is -0.683. The molecule has 0 saturated carbocycles. The van der Waals surface area contributed by atoms with E-state index in [1.165, 1.54) is 6.08 Å². The Morgan fingerprint density at radius 2 is 1.83 bits per heavy atom. The van der Waals surface area contributed by atoms with Crippen LogP contribution in [0, 0.1) is 0 Å². The summed E-state index contributed by atoms with van der Waals surface area (Å²) in [6.45, 7) is 0.634. The molecule has 2 aromatic carbocycles. The third-order valence-electron chi connectivity index (χ3n) is 4.16. The van der Waals surface area contributed by atoms with E-state index in [0.717, 1.165) is 23.2 Å². The van der Waals surface area contributed by atoms with Crippen molar-refractivity contribution in [1.82, 2.24) is 5.48 Å². The quantitative estimate of drug-likeness (QED) is 0.516. The van der Waals surface area contributed by atoms with Crippen LogP contribution in [0.25, 0.3) is 6.08 Å². The molecule has 0 aromatic heterocycles. The average Bonchev–Trinajstić information content (AvgIpc) is 3.02. The molecular weight excluding hydrogens is 304 g/mol. The summed E-state index contributed by atoms with van der Waals surface area (Å²) < 4.78 is 0. The normalized spacial score (nSPS) is 17.5. The van der Waals surface area contributed by atoms with Crippen molar-refractivity contribution in [2.24, 2.45) is 0 Å². The van der Waals surface area contributed by atoms with Gasteiger partial charge >= 0.3 is 0 Å². The van der Waals surface area contributed by atoms with Gasteiger partial charge in [0.25, 0.3) is 5.91 Å². The highest BCUT2D eigenvalue weighted by Gasteiger charge is 2.34. The summed E-state index contributed by atoms with van der Waals surface area (Å²) in [7, 11) is 0. The van der Waals surface area contributed by atoms with Crippen molar-refractivity contribution in [3.63, 3.8) is 0 Å². The van der Waals surface area contributed by atoms with Gasteiger partial charge in [-0.15, -0.1) is 0 Å². The second-order valence-corrected chi connectivity index (χ2v) is 5.61. The van der Waals surface area contributed by atoms with E-state index < -0.39 is 5.91 Å². The van der Waals surface area contributed by atoms with Crippen LogP contribution < -0.4 is 10.4 Å². The molecule has 0 radical (unpaired) electrons. The SMILES string of the molecule is O=C(C=Cc1ccccc1N1CC[C@@H](c2ccccc2)C1=O)NO. The number of carbonyl (C=O) groups excluding carboxylic acids is 2. The number of benzene rings is 2. The average molecular weight is 322 g/mol. The summed E-state index contributed by atoms with van der Waals surface area (Å²) in [6.07, 6.45) is 3.58. The minimum absolute atomic E-state index is 0.0636. The van der Waals surface area contributed by atoms with Gasteiger partial charge in [-0.1, -0.05) is 48.5 Å². The predicted molar refractivity (Wildman–Crippen MR) is 91.6 cm³/mol. The number of nitrogens with one attached hydrogen (secondary N) is 1. The van der Waals surface area contributed by atoms with Crippen LogP contribution in [-0.2, 0) is 9.59 Å². The summed E-state index contributed by atoms with van der Waals surface area (Å²) in [4.78, 5) is 25.8. The molecule has 5 heteroatoms. The Bertz CT molecular complexity index is 771. The molecule has 1 saturated heterocycles. The maximum atomic E-state index is 12.8. The summed E-state index contributed by atoms with van der Waals surface area (Å²) in [5, 5.41) is 8.58. The molecule has 3 rings (SSSR count). The number of hydrogen-bond donors (Lipinski definition) is 2. The fraction of sp³-hybridized carbons (Fsp3) is 0.158. The highest BCUT2D eigenvalue weighted by molar-refractivity contribution is 6.02. The van der Waals surface area contributed by atoms with Crippen LogP contribution in [0.4, 0.5) is 5.69 Å². The first-order chi connectivity index (χ1) is 11.7. The summed E-state index contributed by atoms with van der Waals surface area (Å²) in [6, 6.07) is 17.2. The third kappa shape index (κ3) is 3.21. The van der Waals surface area contributed by atoms with E-state index >= 15 is 0 Å². The van der Waals surface area contributed by atoms with Crippen LogP contribution in [-0.4, -0.2) is 23.6 Å². The third-order valence-corrected chi connectivity index (χ3v) is 4.16. The van der Waals surface area contributed by atoms with Gasteiger partial charge < -0.3 is 4.90 Å². The summed E-state index contributed by atoms with van der Waals surface area (Å²) in [5.41, 5.74) is 4.10. The molecule has 122 valence electrons. The zero-order valence-electron chi connectivity index (χ0n) is 13.1. The molecule has 0 unspecified atom stereocenters. The number of amides is 2. The fourth-order valence-corrected chi connectivity index (χ4v) is 2.99. The van der Waals surface area contributed by atoms with Crippen molar-refractivity contribution in [3.8, 4) is 0 Å². The molecule has 24 heavy (non-hydrogen) atoms. The lowest BCUT2D eigenvalue weighted by molar-refractivity contribution is -0.124. The van der Waals surface area contributed by atoms with E-state index in [9.17, 15) is 9.59 Å². The Kier molecular flexibility index (Phi) is 4.72. The van der Waals surface area contributed by atoms with Gasteiger partial charge in [-0.3, -0.25) is 14.8 Å². The van der Waals surface area contributed by atoms with Gasteiger partial charge in [0, 0.05) is 12.6 Å². The smallest absolute Gasteiger partial charge is 0.267 e. The number of carbonyl (C=O) groups is 2. The monoisotopic (exact) mass is 322 g/mol. The van der Waals surface area contributed by atoms with Crippen molar-refractivity contribution >= 4 is 23.6 Å². The molecule has 1 aliphatic heterocycles. The number of nitrogens with zero attached hydrogens (tertiary/aromatic N) is 1. The van der Waals surface area contributed by atoms with Crippen LogP contribution in [0.1, 0.15) is 23.5 Å². The zero-order chi connectivity index (χ0) is 16.9. The molecule has 0 aliphatic carbocycles. The van der Waals surface area contributed by atoms with Gasteiger partial charge in [0.15, 0.2) is 0 Å². The van der Waals surface area contributed by atoms with Crippen LogP contribution in [0.3, 0.4) is 0 Å². The summed E-state index contributed by atoms with van der Waals surface area (Å²) >= 11 is 0. The van der Waals surface area contributed by atoms with Crippen LogP contribution in [0.2, 0.25) is 0 Å². The molecule has 2 aromatic rings. The van der Waals surface area contributed by atoms with Gasteiger partial charge in [0.05, 0.1) is 11.6 Å². The standard InChI is InChI=1S/C19H18N2O3/c22-18(20-24)11-10-15-8-4-5-9-17(15)21-13-12-16(19(21)23)14-6-2-1-3-7-14/h1-11,16,24H,12-13H2,(H,20,22)/t16-/m0/s1. The maximum absolute atomic E-state index is 12.8. The van der Waals surface area contributed by atoms with E-state index in [2.05, 4.69) is 0 Å². The van der Waals surface area contributed by atoms with Crippen molar-refractivity contribution in [3.05, 3.63) is 71.8 Å². The number of anilines is 1. The number of hydroxylamine groups is 1. The van der Waals surface area contributed by atoms with Gasteiger partial charge in [-0.2, -0.15) is 0 Å². The van der Waals surface area contributed by atoms with E-state index in [-0.39, 0.29) is 11.8 Å². The molecule has 1 heterocycles. The lowest BCUT2D eigenvalue weighted by atomic mass is 9.98. The van der Waals surface area contributed by atoms with E-state index in [0.29, 0.717) is 6.54 Å². The largest absolute Gasteiger partial charge is 0.311 e. The number of hydrogen-bond acceptors (Lipinski definition) is 3. The fourth-order valence-electron chi connectivity index (χ4n) is 2.99. The van der Waals surface area contributed by atoms with Gasteiger partial charge in [-0.25, -0.2) is 5.48 Å². The highest BCUT2D eigenvalue weighted by atomic mass is 16.5. The first-order valence-electron chi connectivity index (χ1n) is 7.78. The Morgan fingerprint density at radius 1 is 1.12 bits per heavy atom. The van der Waals surface area contributed by atoms with Crippen molar-refractivity contribution in [2.75, 3.05) is 11.4 Å². The van der Waals surface area contributed by atoms with Crippen LogP contribution in [0.5, 0.6) is 0 Å². The minimum Gasteiger partial charge on any atom is -0.311 e. The first kappa shape index (κ1) is 16.0. The Balaban J connectivity index is 1.87. The Morgan fingerprint density at radius 3 is 2.58 bits per heavy atom. The second kappa shape index (κ2) is 7.10.